The monoisotopic (exact) mass is 367 g/mol. The largest absolute Gasteiger partial charge is 0.451 e. The minimum atomic E-state index is -0.968. The quantitative estimate of drug-likeness (QED) is 0.271. The highest BCUT2D eigenvalue weighted by atomic mass is 16.7. The standard InChI is InChI=1S/C18H13N3O6/c19-8-3-9-20-10-13(12-4-1-2-5-14(12)20)15(22)11-26-18(23)16-6-7-17(27-16)21(24)25/h1-2,4-7,10H,3,9,11H2. The number of nitriles is 1. The number of hydrogen-bond donors (Lipinski definition) is 0. The first-order chi connectivity index (χ1) is 13.0. The molecule has 2 aromatic heterocycles. The number of benzene rings is 1. The van der Waals surface area contributed by atoms with Crippen LogP contribution in [0.15, 0.2) is 47.0 Å². The number of hydrogen-bond acceptors (Lipinski definition) is 7. The minimum absolute atomic E-state index is 0.290. The number of nitrogens with zero attached hydrogens (tertiary/aromatic N) is 3. The maximum Gasteiger partial charge on any atom is 0.433 e. The van der Waals surface area contributed by atoms with Gasteiger partial charge < -0.3 is 13.7 Å². The lowest BCUT2D eigenvalue weighted by Gasteiger charge is -2.01. The van der Waals surface area contributed by atoms with Gasteiger partial charge in [-0.15, -0.1) is 0 Å². The van der Waals surface area contributed by atoms with Crippen LogP contribution in [0.25, 0.3) is 10.9 Å². The van der Waals surface area contributed by atoms with Gasteiger partial charge in [0.2, 0.25) is 11.5 Å². The van der Waals surface area contributed by atoms with Gasteiger partial charge in [-0.3, -0.25) is 14.9 Å². The van der Waals surface area contributed by atoms with Crippen molar-refractivity contribution in [2.75, 3.05) is 6.61 Å². The first-order valence-electron chi connectivity index (χ1n) is 7.90. The van der Waals surface area contributed by atoms with Gasteiger partial charge in [0.15, 0.2) is 6.61 Å². The molecule has 0 bridgehead atoms. The Labute approximate surface area is 152 Å². The number of carbonyl (C=O) groups excluding carboxylic acids is 2. The number of fused-ring (bicyclic) bond motifs is 1. The Morgan fingerprint density at radius 3 is 2.74 bits per heavy atom. The maximum absolute atomic E-state index is 12.5. The molecule has 0 aliphatic carbocycles. The summed E-state index contributed by atoms with van der Waals surface area (Å²) in [6, 6.07) is 11.4. The second kappa shape index (κ2) is 7.53. The van der Waals surface area contributed by atoms with Crippen molar-refractivity contribution in [3.63, 3.8) is 0 Å². The molecule has 0 spiro atoms. The second-order valence-electron chi connectivity index (χ2n) is 5.56. The van der Waals surface area contributed by atoms with E-state index in [-0.39, 0.29) is 5.76 Å². The summed E-state index contributed by atoms with van der Waals surface area (Å²) in [6.45, 7) is -0.111. The molecule has 1 aromatic carbocycles. The number of ether oxygens (including phenoxy) is 1. The first-order valence-corrected chi connectivity index (χ1v) is 7.90. The lowest BCUT2D eigenvalue weighted by atomic mass is 10.1. The third kappa shape index (κ3) is 3.69. The number of aryl methyl sites for hydroxylation is 1. The average molecular weight is 367 g/mol. The molecule has 0 fully saturated rings. The van der Waals surface area contributed by atoms with E-state index in [9.17, 15) is 19.7 Å². The van der Waals surface area contributed by atoms with Gasteiger partial charge in [0.1, 0.15) is 4.92 Å². The summed E-state index contributed by atoms with van der Waals surface area (Å²) in [5.74, 6) is -2.35. The SMILES string of the molecule is N#CCCn1cc(C(=O)COC(=O)c2ccc([N+](=O)[O-])o2)c2ccccc21. The molecule has 27 heavy (non-hydrogen) atoms. The number of furan rings is 1. The second-order valence-corrected chi connectivity index (χ2v) is 5.56. The summed E-state index contributed by atoms with van der Waals surface area (Å²) in [4.78, 5) is 34.2. The summed E-state index contributed by atoms with van der Waals surface area (Å²) >= 11 is 0. The molecule has 0 unspecified atom stereocenters. The van der Waals surface area contributed by atoms with Crippen LogP contribution in [-0.2, 0) is 11.3 Å². The Kier molecular flexibility index (Phi) is 4.99. The van der Waals surface area contributed by atoms with E-state index >= 15 is 0 Å². The lowest BCUT2D eigenvalue weighted by molar-refractivity contribution is -0.402. The molecule has 3 aromatic rings. The summed E-state index contributed by atoms with van der Waals surface area (Å²) < 4.78 is 11.4. The van der Waals surface area contributed by atoms with Gasteiger partial charge in [-0.1, -0.05) is 18.2 Å². The highest BCUT2D eigenvalue weighted by Gasteiger charge is 2.21. The van der Waals surface area contributed by atoms with Crippen LogP contribution in [0.4, 0.5) is 5.88 Å². The van der Waals surface area contributed by atoms with E-state index in [1.54, 1.807) is 22.9 Å². The number of para-hydroxylation sites is 1. The van der Waals surface area contributed by atoms with Crippen molar-refractivity contribution in [2.24, 2.45) is 0 Å². The molecule has 9 heteroatoms. The highest BCUT2D eigenvalue weighted by Crippen LogP contribution is 2.22. The van der Waals surface area contributed by atoms with E-state index in [0.29, 0.717) is 23.9 Å². The van der Waals surface area contributed by atoms with Crippen molar-refractivity contribution >= 4 is 28.5 Å². The molecule has 9 nitrogen and oxygen atoms in total. The van der Waals surface area contributed by atoms with Crippen molar-refractivity contribution in [1.82, 2.24) is 4.57 Å². The minimum Gasteiger partial charge on any atom is -0.451 e. The molecule has 0 saturated carbocycles. The predicted octanol–water partition coefficient (Wildman–Crippen LogP) is 3.10. The summed E-state index contributed by atoms with van der Waals surface area (Å²) in [6.07, 6.45) is 1.91. The predicted molar refractivity (Wildman–Crippen MR) is 92.1 cm³/mol. The van der Waals surface area contributed by atoms with Gasteiger partial charge in [0.25, 0.3) is 0 Å². The molecule has 0 aliphatic rings. The Morgan fingerprint density at radius 1 is 1.26 bits per heavy atom. The molecule has 0 amide bonds. The summed E-state index contributed by atoms with van der Waals surface area (Å²) in [5.41, 5.74) is 1.16. The molecular formula is C18H13N3O6. The maximum atomic E-state index is 12.5. The number of ketones is 1. The molecule has 0 radical (unpaired) electrons. The first kappa shape index (κ1) is 17.9. The molecular weight excluding hydrogens is 354 g/mol. The highest BCUT2D eigenvalue weighted by molar-refractivity contribution is 6.09. The fourth-order valence-corrected chi connectivity index (χ4v) is 2.64. The van der Waals surface area contributed by atoms with Gasteiger partial charge in [-0.05, 0) is 12.1 Å². The molecule has 2 heterocycles. The molecule has 0 saturated heterocycles. The van der Waals surface area contributed by atoms with Gasteiger partial charge in [-0.25, -0.2) is 4.79 Å². The molecule has 0 aliphatic heterocycles. The Balaban J connectivity index is 1.75. The van der Waals surface area contributed by atoms with Gasteiger partial charge in [0, 0.05) is 29.2 Å². The van der Waals surface area contributed by atoms with Gasteiger partial charge >= 0.3 is 11.9 Å². The number of Topliss-reactive ketones (excluding diaryl/α,β-unsaturated/α-hetero) is 1. The smallest absolute Gasteiger partial charge is 0.433 e. The number of esters is 1. The van der Waals surface area contributed by atoms with Gasteiger partial charge in [-0.2, -0.15) is 5.26 Å². The van der Waals surface area contributed by atoms with E-state index in [1.807, 2.05) is 12.1 Å². The number of carbonyl (C=O) groups is 2. The van der Waals surface area contributed by atoms with Gasteiger partial charge in [0.05, 0.1) is 18.6 Å². The topological polar surface area (TPSA) is 128 Å². The van der Waals surface area contributed by atoms with E-state index in [1.165, 1.54) is 0 Å². The van der Waals surface area contributed by atoms with Crippen LogP contribution in [0.5, 0.6) is 0 Å². The number of aromatic nitrogens is 1. The lowest BCUT2D eigenvalue weighted by Crippen LogP contribution is -2.13. The van der Waals surface area contributed by atoms with Crippen LogP contribution in [0, 0.1) is 21.4 Å². The van der Waals surface area contributed by atoms with Crippen LogP contribution < -0.4 is 0 Å². The third-order valence-corrected chi connectivity index (χ3v) is 3.86. The fourth-order valence-electron chi connectivity index (χ4n) is 2.64. The van der Waals surface area contributed by atoms with Crippen LogP contribution in [-0.4, -0.2) is 27.8 Å². The number of rotatable bonds is 7. The molecule has 0 atom stereocenters. The Bertz CT molecular complexity index is 1070. The van der Waals surface area contributed by atoms with Crippen LogP contribution in [0.2, 0.25) is 0 Å². The van der Waals surface area contributed by atoms with Crippen molar-refractivity contribution in [3.05, 3.63) is 64.0 Å². The zero-order valence-electron chi connectivity index (χ0n) is 14.0. The number of nitro groups is 1. The van der Waals surface area contributed by atoms with Crippen LogP contribution in [0.3, 0.4) is 0 Å². The van der Waals surface area contributed by atoms with Crippen molar-refractivity contribution < 1.29 is 23.7 Å². The summed E-state index contributed by atoms with van der Waals surface area (Å²) in [5, 5.41) is 20.0. The van der Waals surface area contributed by atoms with Crippen LogP contribution >= 0.6 is 0 Å². The van der Waals surface area contributed by atoms with Crippen LogP contribution in [0.1, 0.15) is 27.3 Å². The van der Waals surface area contributed by atoms with E-state index < -0.39 is 29.2 Å². The Morgan fingerprint density at radius 2 is 2.04 bits per heavy atom. The zero-order valence-corrected chi connectivity index (χ0v) is 14.0. The van der Waals surface area contributed by atoms with Crippen molar-refractivity contribution in [2.45, 2.75) is 13.0 Å². The van der Waals surface area contributed by atoms with E-state index in [4.69, 9.17) is 14.4 Å². The molecule has 3 rings (SSSR count). The Hall–Kier alpha value is -3.93. The van der Waals surface area contributed by atoms with Crippen molar-refractivity contribution in [1.29, 1.82) is 5.26 Å². The van der Waals surface area contributed by atoms with E-state index in [2.05, 4.69) is 6.07 Å². The molecule has 0 N–H and O–H groups in total. The normalized spacial score (nSPS) is 10.5. The fraction of sp³-hybridized carbons (Fsp3) is 0.167. The zero-order chi connectivity index (χ0) is 19.4. The average Bonchev–Trinajstić information content (AvgIpc) is 3.30. The summed E-state index contributed by atoms with van der Waals surface area (Å²) in [7, 11) is 0. The third-order valence-electron chi connectivity index (χ3n) is 3.86. The molecule has 136 valence electrons. The van der Waals surface area contributed by atoms with Crippen molar-refractivity contribution in [3.8, 4) is 6.07 Å². The van der Waals surface area contributed by atoms with E-state index in [0.717, 1.165) is 17.6 Å².